The Kier molecular flexibility index (Phi) is 4.84. The Morgan fingerprint density at radius 3 is 2.70 bits per heavy atom. The van der Waals surface area contributed by atoms with Crippen molar-refractivity contribution in [2.75, 3.05) is 12.8 Å². The summed E-state index contributed by atoms with van der Waals surface area (Å²) in [5.41, 5.74) is 0.637. The van der Waals surface area contributed by atoms with Gasteiger partial charge in [0.2, 0.25) is 10.0 Å². The van der Waals surface area contributed by atoms with Crippen molar-refractivity contribution in [2.45, 2.75) is 49.0 Å². The van der Waals surface area contributed by atoms with Gasteiger partial charge in [0.15, 0.2) is 0 Å². The van der Waals surface area contributed by atoms with Crippen LogP contribution < -0.4 is 4.72 Å². The lowest BCUT2D eigenvalue weighted by molar-refractivity contribution is 0.270. The van der Waals surface area contributed by atoms with E-state index in [0.29, 0.717) is 18.8 Å². The molecule has 0 amide bonds. The molecule has 1 heterocycles. The molecule has 0 aliphatic heterocycles. The molecule has 1 aliphatic carbocycles. The summed E-state index contributed by atoms with van der Waals surface area (Å²) in [5.74, 6) is 0. The number of thioether (sulfide) groups is 1. The zero-order chi connectivity index (χ0) is 14.8. The summed E-state index contributed by atoms with van der Waals surface area (Å²) >= 11 is 1.72. The van der Waals surface area contributed by atoms with Crippen LogP contribution in [0.4, 0.5) is 0 Å². The molecule has 0 bridgehead atoms. The van der Waals surface area contributed by atoms with Crippen LogP contribution in [-0.2, 0) is 23.2 Å². The number of nitrogens with zero attached hydrogens (tertiary/aromatic N) is 1. The molecule has 5 nitrogen and oxygen atoms in total. The first kappa shape index (κ1) is 15.9. The molecule has 1 aromatic heterocycles. The topological polar surface area (TPSA) is 71.3 Å². The summed E-state index contributed by atoms with van der Waals surface area (Å²) in [6, 6.07) is 1.55. The van der Waals surface area contributed by atoms with E-state index in [1.165, 1.54) is 0 Å². The minimum atomic E-state index is -3.49. The first-order chi connectivity index (χ1) is 9.46. The van der Waals surface area contributed by atoms with Gasteiger partial charge in [-0.3, -0.25) is 0 Å². The lowest BCUT2D eigenvalue weighted by Crippen LogP contribution is -2.31. The normalized spacial score (nSPS) is 17.4. The van der Waals surface area contributed by atoms with Crippen molar-refractivity contribution >= 4 is 21.8 Å². The summed E-state index contributed by atoms with van der Waals surface area (Å²) in [6.45, 7) is 3.05. The van der Waals surface area contributed by atoms with E-state index < -0.39 is 10.0 Å². The van der Waals surface area contributed by atoms with Gasteiger partial charge < -0.3 is 9.67 Å². The average Bonchev–Trinajstić information content (AvgIpc) is 3.10. The second-order valence-corrected chi connectivity index (χ2v) is 8.27. The molecular weight excluding hydrogens is 296 g/mol. The number of aliphatic hydroxyl groups excluding tert-OH is 1. The Morgan fingerprint density at radius 1 is 1.50 bits per heavy atom. The van der Waals surface area contributed by atoms with Crippen LogP contribution in [0.15, 0.2) is 17.2 Å². The quantitative estimate of drug-likeness (QED) is 0.763. The van der Waals surface area contributed by atoms with E-state index in [-0.39, 0.29) is 16.2 Å². The number of aliphatic hydroxyl groups is 1. The van der Waals surface area contributed by atoms with E-state index in [9.17, 15) is 13.5 Å². The molecule has 2 N–H and O–H groups in total. The lowest BCUT2D eigenvalue weighted by Gasteiger charge is -2.12. The van der Waals surface area contributed by atoms with E-state index in [1.54, 1.807) is 28.6 Å². The molecule has 0 unspecified atom stereocenters. The second kappa shape index (κ2) is 6.09. The first-order valence-electron chi connectivity index (χ1n) is 6.81. The number of aryl methyl sites for hydroxylation is 1. The number of hydrogen-bond donors (Lipinski definition) is 2. The molecule has 1 aromatic rings. The van der Waals surface area contributed by atoms with Gasteiger partial charge in [0.05, 0.1) is 11.5 Å². The van der Waals surface area contributed by atoms with Crippen molar-refractivity contribution in [3.05, 3.63) is 18.0 Å². The fourth-order valence-corrected chi connectivity index (χ4v) is 4.16. The highest BCUT2D eigenvalue weighted by Gasteiger charge is 2.42. The van der Waals surface area contributed by atoms with Crippen LogP contribution in [0.1, 0.15) is 31.9 Å². The van der Waals surface area contributed by atoms with Gasteiger partial charge in [0, 0.05) is 29.7 Å². The van der Waals surface area contributed by atoms with Gasteiger partial charge in [-0.1, -0.05) is 6.92 Å². The van der Waals surface area contributed by atoms with Crippen LogP contribution in [-0.4, -0.2) is 35.6 Å². The molecule has 1 saturated carbocycles. The number of hydrogen-bond acceptors (Lipinski definition) is 4. The number of aromatic nitrogens is 1. The van der Waals surface area contributed by atoms with Crippen molar-refractivity contribution in [2.24, 2.45) is 0 Å². The molecule has 0 spiro atoms. The standard InChI is InChI=1S/C13H22N2O3S2/c1-3-6-15-8-12(7-11(15)9-16)20(17,18)14-10-13(19-2)4-5-13/h7-8,14,16H,3-6,9-10H2,1-2H3. The van der Waals surface area contributed by atoms with Crippen molar-refractivity contribution in [1.29, 1.82) is 0 Å². The van der Waals surface area contributed by atoms with Gasteiger partial charge in [-0.15, -0.1) is 0 Å². The van der Waals surface area contributed by atoms with Crippen LogP contribution >= 0.6 is 11.8 Å². The first-order valence-corrected chi connectivity index (χ1v) is 9.52. The number of nitrogens with one attached hydrogen (secondary N) is 1. The van der Waals surface area contributed by atoms with Gasteiger partial charge in [-0.25, -0.2) is 13.1 Å². The Balaban J connectivity index is 2.12. The molecule has 20 heavy (non-hydrogen) atoms. The molecule has 0 saturated heterocycles. The minimum absolute atomic E-state index is 0.0961. The zero-order valence-electron chi connectivity index (χ0n) is 11.9. The Labute approximate surface area is 124 Å². The van der Waals surface area contributed by atoms with Gasteiger partial charge in [-0.2, -0.15) is 11.8 Å². The van der Waals surface area contributed by atoms with E-state index in [4.69, 9.17) is 0 Å². The molecular formula is C13H22N2O3S2. The molecule has 0 radical (unpaired) electrons. The smallest absolute Gasteiger partial charge is 0.242 e. The van der Waals surface area contributed by atoms with Crippen LogP contribution in [0.5, 0.6) is 0 Å². The SMILES string of the molecule is CCCn1cc(S(=O)(=O)NCC2(SC)CC2)cc1CO. The monoisotopic (exact) mass is 318 g/mol. The average molecular weight is 318 g/mol. The van der Waals surface area contributed by atoms with Crippen molar-refractivity contribution in [1.82, 2.24) is 9.29 Å². The Hall–Kier alpha value is -0.500. The molecule has 7 heteroatoms. The fraction of sp³-hybridized carbons (Fsp3) is 0.692. The molecule has 0 aromatic carbocycles. The summed E-state index contributed by atoms with van der Waals surface area (Å²) < 4.78 is 29.2. The summed E-state index contributed by atoms with van der Waals surface area (Å²) in [5, 5.41) is 9.29. The molecule has 114 valence electrons. The summed E-state index contributed by atoms with van der Waals surface area (Å²) in [4.78, 5) is 0.243. The van der Waals surface area contributed by atoms with Crippen molar-refractivity contribution in [3.63, 3.8) is 0 Å². The lowest BCUT2D eigenvalue weighted by atomic mass is 10.4. The number of sulfonamides is 1. The van der Waals surface area contributed by atoms with Crippen molar-refractivity contribution < 1.29 is 13.5 Å². The predicted molar refractivity (Wildman–Crippen MR) is 81.3 cm³/mol. The molecule has 1 fully saturated rings. The van der Waals surface area contributed by atoms with E-state index >= 15 is 0 Å². The van der Waals surface area contributed by atoms with Gasteiger partial charge >= 0.3 is 0 Å². The van der Waals surface area contributed by atoms with E-state index in [2.05, 4.69) is 4.72 Å². The van der Waals surface area contributed by atoms with Crippen LogP contribution in [0.25, 0.3) is 0 Å². The van der Waals surface area contributed by atoms with Crippen LogP contribution in [0.2, 0.25) is 0 Å². The Morgan fingerprint density at radius 2 is 2.20 bits per heavy atom. The fourth-order valence-electron chi connectivity index (χ4n) is 2.16. The maximum absolute atomic E-state index is 12.3. The third kappa shape index (κ3) is 3.39. The van der Waals surface area contributed by atoms with Gasteiger partial charge in [0.1, 0.15) is 0 Å². The highest BCUT2D eigenvalue weighted by Crippen LogP contribution is 2.46. The number of rotatable bonds is 8. The summed E-state index contributed by atoms with van der Waals surface area (Å²) in [6.07, 6.45) is 6.65. The molecule has 1 aliphatic rings. The predicted octanol–water partition coefficient (Wildman–Crippen LogP) is 1.56. The van der Waals surface area contributed by atoms with Crippen LogP contribution in [0.3, 0.4) is 0 Å². The van der Waals surface area contributed by atoms with Gasteiger partial charge in [-0.05, 0) is 31.6 Å². The largest absolute Gasteiger partial charge is 0.390 e. The van der Waals surface area contributed by atoms with E-state index in [1.807, 2.05) is 13.2 Å². The maximum Gasteiger partial charge on any atom is 0.242 e. The molecule has 0 atom stereocenters. The second-order valence-electron chi connectivity index (χ2n) is 5.23. The van der Waals surface area contributed by atoms with E-state index in [0.717, 1.165) is 19.3 Å². The summed E-state index contributed by atoms with van der Waals surface area (Å²) in [7, 11) is -3.49. The molecule has 2 rings (SSSR count). The maximum atomic E-state index is 12.3. The zero-order valence-corrected chi connectivity index (χ0v) is 13.6. The van der Waals surface area contributed by atoms with Gasteiger partial charge in [0.25, 0.3) is 0 Å². The highest BCUT2D eigenvalue weighted by molar-refractivity contribution is 8.00. The Bertz CT molecular complexity index is 562. The van der Waals surface area contributed by atoms with Crippen molar-refractivity contribution in [3.8, 4) is 0 Å². The third-order valence-corrected chi connectivity index (χ3v) is 6.51. The third-order valence-electron chi connectivity index (χ3n) is 3.72. The highest BCUT2D eigenvalue weighted by atomic mass is 32.2. The minimum Gasteiger partial charge on any atom is -0.390 e. The van der Waals surface area contributed by atoms with Crippen LogP contribution in [0, 0.1) is 0 Å².